The van der Waals surface area contributed by atoms with E-state index in [0.29, 0.717) is 24.0 Å². The van der Waals surface area contributed by atoms with Crippen molar-refractivity contribution in [3.05, 3.63) is 58.2 Å². The number of fused-ring (bicyclic) bond motifs is 1. The van der Waals surface area contributed by atoms with Crippen LogP contribution >= 0.6 is 11.6 Å². The molecule has 1 aromatic heterocycles. The van der Waals surface area contributed by atoms with E-state index in [0.717, 1.165) is 72.9 Å². The molecular formula is C26H32ClN3O4. The lowest BCUT2D eigenvalue weighted by Gasteiger charge is -2.25. The van der Waals surface area contributed by atoms with Crippen LogP contribution < -0.4 is 4.74 Å². The summed E-state index contributed by atoms with van der Waals surface area (Å²) in [6.07, 6.45) is 0.623. The SMILES string of the molecule is CC(C)Cn1nc(CN2CCOCC2)c2ccc(COc3ccc(CCC(=O)O)cc3)c(Cl)c21. The molecular weight excluding hydrogens is 454 g/mol. The Morgan fingerprint density at radius 2 is 1.91 bits per heavy atom. The number of carbonyl (C=O) groups is 1. The van der Waals surface area contributed by atoms with Gasteiger partial charge in [-0.3, -0.25) is 14.4 Å². The van der Waals surface area contributed by atoms with Crippen LogP contribution in [0.1, 0.15) is 37.1 Å². The minimum absolute atomic E-state index is 0.118. The van der Waals surface area contributed by atoms with Crippen LogP contribution in [0.15, 0.2) is 36.4 Å². The molecule has 3 aromatic rings. The Hall–Kier alpha value is -2.61. The third-order valence-corrected chi connectivity index (χ3v) is 6.39. The number of carboxylic acids is 1. The maximum atomic E-state index is 10.8. The second-order valence-corrected chi connectivity index (χ2v) is 9.55. The Morgan fingerprint density at radius 1 is 1.18 bits per heavy atom. The zero-order chi connectivity index (χ0) is 24.1. The first-order chi connectivity index (χ1) is 16.4. The van der Waals surface area contributed by atoms with E-state index in [4.69, 9.17) is 31.3 Å². The molecule has 0 amide bonds. The molecule has 1 aliphatic heterocycles. The Morgan fingerprint density at radius 3 is 2.59 bits per heavy atom. The van der Waals surface area contributed by atoms with Crippen LogP contribution in [0.3, 0.4) is 0 Å². The molecule has 0 radical (unpaired) electrons. The van der Waals surface area contributed by atoms with Gasteiger partial charge in [-0.05, 0) is 30.0 Å². The van der Waals surface area contributed by atoms with Crippen LogP contribution in [0.25, 0.3) is 10.9 Å². The van der Waals surface area contributed by atoms with Crippen molar-refractivity contribution in [3.8, 4) is 5.75 Å². The van der Waals surface area contributed by atoms with E-state index in [2.05, 4.69) is 24.8 Å². The van der Waals surface area contributed by atoms with Crippen molar-refractivity contribution in [2.24, 2.45) is 5.92 Å². The van der Waals surface area contributed by atoms with Gasteiger partial charge in [0.05, 0.1) is 29.4 Å². The van der Waals surface area contributed by atoms with E-state index in [1.807, 2.05) is 35.0 Å². The molecule has 1 fully saturated rings. The summed E-state index contributed by atoms with van der Waals surface area (Å²) < 4.78 is 13.5. The molecule has 0 spiro atoms. The van der Waals surface area contributed by atoms with Gasteiger partial charge in [0, 0.05) is 43.5 Å². The number of hydrogen-bond donors (Lipinski definition) is 1. The summed E-state index contributed by atoms with van der Waals surface area (Å²) in [5.41, 5.74) is 3.89. The van der Waals surface area contributed by atoms with Crippen molar-refractivity contribution in [3.63, 3.8) is 0 Å². The fourth-order valence-electron chi connectivity index (χ4n) is 4.18. The molecule has 182 valence electrons. The highest BCUT2D eigenvalue weighted by molar-refractivity contribution is 6.36. The Bertz CT molecular complexity index is 1120. The largest absolute Gasteiger partial charge is 0.489 e. The number of nitrogens with zero attached hydrogens (tertiary/aromatic N) is 3. The van der Waals surface area contributed by atoms with Crippen LogP contribution in [0.2, 0.25) is 5.02 Å². The number of ether oxygens (including phenoxy) is 2. The Labute approximate surface area is 205 Å². The molecule has 0 bridgehead atoms. The van der Waals surface area contributed by atoms with E-state index in [1.54, 1.807) is 0 Å². The highest BCUT2D eigenvalue weighted by atomic mass is 35.5. The molecule has 1 N–H and O–H groups in total. The Balaban J connectivity index is 1.52. The number of halogens is 1. The van der Waals surface area contributed by atoms with E-state index in [-0.39, 0.29) is 6.42 Å². The molecule has 0 aliphatic carbocycles. The molecule has 0 unspecified atom stereocenters. The van der Waals surface area contributed by atoms with Crippen LogP contribution in [0.5, 0.6) is 5.75 Å². The van der Waals surface area contributed by atoms with Crippen LogP contribution in [0.4, 0.5) is 0 Å². The molecule has 4 rings (SSSR count). The second kappa shape index (κ2) is 11.2. The number of morpholine rings is 1. The normalized spacial score (nSPS) is 14.7. The Kier molecular flexibility index (Phi) is 8.08. The number of benzene rings is 2. The van der Waals surface area contributed by atoms with Crippen LogP contribution in [0, 0.1) is 5.92 Å². The number of aromatic nitrogens is 2. The number of aliphatic carboxylic acids is 1. The molecule has 7 nitrogen and oxygen atoms in total. The van der Waals surface area contributed by atoms with Gasteiger partial charge in [-0.25, -0.2) is 0 Å². The quantitative estimate of drug-likeness (QED) is 0.445. The van der Waals surface area contributed by atoms with E-state index in [1.165, 1.54) is 0 Å². The van der Waals surface area contributed by atoms with Crippen LogP contribution in [-0.2, 0) is 35.6 Å². The smallest absolute Gasteiger partial charge is 0.303 e. The van der Waals surface area contributed by atoms with Gasteiger partial charge in [0.25, 0.3) is 0 Å². The highest BCUT2D eigenvalue weighted by Gasteiger charge is 2.20. The average Bonchev–Trinajstić information content (AvgIpc) is 3.15. The summed E-state index contributed by atoms with van der Waals surface area (Å²) >= 11 is 6.92. The van der Waals surface area contributed by atoms with Crippen molar-refractivity contribution >= 4 is 28.5 Å². The standard InChI is InChI=1S/C26H32ClN3O4/c1-18(2)15-30-26-22(23(28-30)16-29-11-13-33-14-12-29)9-6-20(25(26)27)17-34-21-7-3-19(4-8-21)5-10-24(31)32/h3-4,6-9,18H,5,10-17H2,1-2H3,(H,31,32). The first-order valence-electron chi connectivity index (χ1n) is 11.8. The summed E-state index contributed by atoms with van der Waals surface area (Å²) in [6.45, 7) is 9.61. The first kappa shape index (κ1) is 24.5. The summed E-state index contributed by atoms with van der Waals surface area (Å²) in [7, 11) is 0. The van der Waals surface area contributed by atoms with E-state index < -0.39 is 5.97 Å². The predicted molar refractivity (Wildman–Crippen MR) is 132 cm³/mol. The van der Waals surface area contributed by atoms with Gasteiger partial charge in [0.15, 0.2) is 0 Å². The monoisotopic (exact) mass is 485 g/mol. The van der Waals surface area contributed by atoms with Gasteiger partial charge in [-0.1, -0.05) is 49.7 Å². The lowest BCUT2D eigenvalue weighted by atomic mass is 10.1. The summed E-state index contributed by atoms with van der Waals surface area (Å²) in [6, 6.07) is 11.7. The van der Waals surface area contributed by atoms with Crippen LogP contribution in [-0.4, -0.2) is 52.1 Å². The molecule has 2 heterocycles. The van der Waals surface area contributed by atoms with Crippen molar-refractivity contribution in [2.75, 3.05) is 26.3 Å². The van der Waals surface area contributed by atoms with Gasteiger partial charge < -0.3 is 14.6 Å². The minimum Gasteiger partial charge on any atom is -0.489 e. The van der Waals surface area contributed by atoms with Crippen molar-refractivity contribution in [1.29, 1.82) is 0 Å². The summed E-state index contributed by atoms with van der Waals surface area (Å²) in [5.74, 6) is 0.365. The molecule has 8 heteroatoms. The van der Waals surface area contributed by atoms with Gasteiger partial charge in [0.2, 0.25) is 0 Å². The maximum Gasteiger partial charge on any atom is 0.303 e. The number of hydrogen-bond acceptors (Lipinski definition) is 5. The van der Waals surface area contributed by atoms with E-state index >= 15 is 0 Å². The number of aryl methyl sites for hydroxylation is 1. The molecule has 1 aliphatic rings. The molecule has 1 saturated heterocycles. The third-order valence-electron chi connectivity index (χ3n) is 5.97. The van der Waals surface area contributed by atoms with Gasteiger partial charge in [-0.2, -0.15) is 5.10 Å². The molecule has 0 atom stereocenters. The summed E-state index contributed by atoms with van der Waals surface area (Å²) in [5, 5.41) is 15.6. The summed E-state index contributed by atoms with van der Waals surface area (Å²) in [4.78, 5) is 13.1. The van der Waals surface area contributed by atoms with E-state index in [9.17, 15) is 4.79 Å². The lowest BCUT2D eigenvalue weighted by molar-refractivity contribution is -0.136. The fourth-order valence-corrected chi connectivity index (χ4v) is 4.50. The lowest BCUT2D eigenvalue weighted by Crippen LogP contribution is -2.35. The topological polar surface area (TPSA) is 76.8 Å². The maximum absolute atomic E-state index is 10.8. The van der Waals surface area contributed by atoms with Gasteiger partial charge >= 0.3 is 5.97 Å². The minimum atomic E-state index is -0.796. The van der Waals surface area contributed by atoms with Gasteiger partial charge in [0.1, 0.15) is 12.4 Å². The number of rotatable bonds is 10. The number of carboxylic acid groups (broad SMARTS) is 1. The predicted octanol–water partition coefficient (Wildman–Crippen LogP) is 4.77. The third kappa shape index (κ3) is 6.09. The van der Waals surface area contributed by atoms with Crippen molar-refractivity contribution < 1.29 is 19.4 Å². The molecule has 0 saturated carbocycles. The highest BCUT2D eigenvalue weighted by Crippen LogP contribution is 2.32. The van der Waals surface area contributed by atoms with Crippen molar-refractivity contribution in [2.45, 2.75) is 46.4 Å². The zero-order valence-corrected chi connectivity index (χ0v) is 20.6. The average molecular weight is 486 g/mol. The zero-order valence-electron chi connectivity index (χ0n) is 19.8. The second-order valence-electron chi connectivity index (χ2n) is 9.17. The fraction of sp³-hybridized carbons (Fsp3) is 0.462. The molecule has 2 aromatic carbocycles. The molecule has 34 heavy (non-hydrogen) atoms. The van der Waals surface area contributed by atoms with Gasteiger partial charge in [-0.15, -0.1) is 0 Å². The van der Waals surface area contributed by atoms with Crippen molar-refractivity contribution in [1.82, 2.24) is 14.7 Å². The first-order valence-corrected chi connectivity index (χ1v) is 12.2.